The van der Waals surface area contributed by atoms with Gasteiger partial charge in [0, 0.05) is 31.0 Å². The first-order valence-electron chi connectivity index (χ1n) is 4.47. The van der Waals surface area contributed by atoms with Gasteiger partial charge in [0.05, 0.1) is 5.69 Å². The maximum Gasteiger partial charge on any atom is 0.144 e. The lowest BCUT2D eigenvalue weighted by molar-refractivity contribution is 0.365. The average Bonchev–Trinajstić information content (AvgIpc) is 2.47. The van der Waals surface area contributed by atoms with Crippen LogP contribution in [0.4, 0.5) is 0 Å². The highest BCUT2D eigenvalue weighted by atomic mass is 16.5. The Hall–Kier alpha value is -0.830. The minimum Gasteiger partial charge on any atom is -0.361 e. The third-order valence-corrected chi connectivity index (χ3v) is 2.26. The summed E-state index contributed by atoms with van der Waals surface area (Å²) < 4.78 is 5.29. The molecule has 0 amide bonds. The molecule has 0 spiro atoms. The first kappa shape index (κ1) is 7.80. The van der Waals surface area contributed by atoms with Crippen molar-refractivity contribution < 1.29 is 4.52 Å². The van der Waals surface area contributed by atoms with Crippen molar-refractivity contribution in [1.29, 1.82) is 0 Å². The van der Waals surface area contributed by atoms with Crippen molar-refractivity contribution in [3.63, 3.8) is 0 Å². The molecule has 0 atom stereocenters. The van der Waals surface area contributed by atoms with Gasteiger partial charge in [-0.1, -0.05) is 19.0 Å². The van der Waals surface area contributed by atoms with Crippen LogP contribution in [0, 0.1) is 0 Å². The highest BCUT2D eigenvalue weighted by Crippen LogP contribution is 2.24. The van der Waals surface area contributed by atoms with Crippen molar-refractivity contribution in [1.82, 2.24) is 10.5 Å². The first-order valence-corrected chi connectivity index (χ1v) is 4.47. The summed E-state index contributed by atoms with van der Waals surface area (Å²) in [5.74, 6) is 1.50. The van der Waals surface area contributed by atoms with Crippen molar-refractivity contribution in [3.8, 4) is 0 Å². The molecule has 0 fully saturated rings. The molecule has 0 radical (unpaired) electrons. The van der Waals surface area contributed by atoms with Crippen LogP contribution in [0.3, 0.4) is 0 Å². The average molecular weight is 166 g/mol. The van der Waals surface area contributed by atoms with Gasteiger partial charge in [0.2, 0.25) is 0 Å². The molecule has 0 aromatic carbocycles. The van der Waals surface area contributed by atoms with Gasteiger partial charge in [0.1, 0.15) is 5.76 Å². The third-order valence-electron chi connectivity index (χ3n) is 2.26. The number of hydrogen-bond acceptors (Lipinski definition) is 3. The van der Waals surface area contributed by atoms with Gasteiger partial charge in [-0.25, -0.2) is 0 Å². The lowest BCUT2D eigenvalue weighted by Crippen LogP contribution is -2.23. The van der Waals surface area contributed by atoms with Crippen LogP contribution in [0.1, 0.15) is 36.8 Å². The van der Waals surface area contributed by atoms with E-state index >= 15 is 0 Å². The van der Waals surface area contributed by atoms with E-state index in [2.05, 4.69) is 24.3 Å². The summed E-state index contributed by atoms with van der Waals surface area (Å²) in [7, 11) is 0. The molecule has 0 saturated heterocycles. The number of hydrogen-bond donors (Lipinski definition) is 1. The minimum absolute atomic E-state index is 0.446. The maximum atomic E-state index is 5.29. The zero-order valence-corrected chi connectivity index (χ0v) is 7.55. The molecular formula is C9H14N2O. The molecule has 0 saturated carbocycles. The molecule has 0 bridgehead atoms. The van der Waals surface area contributed by atoms with Crippen molar-refractivity contribution in [2.75, 3.05) is 6.54 Å². The Labute approximate surface area is 72.1 Å². The van der Waals surface area contributed by atoms with E-state index in [0.29, 0.717) is 5.92 Å². The monoisotopic (exact) mass is 166 g/mol. The van der Waals surface area contributed by atoms with E-state index in [4.69, 9.17) is 4.52 Å². The van der Waals surface area contributed by atoms with Crippen molar-refractivity contribution in [3.05, 3.63) is 17.0 Å². The van der Waals surface area contributed by atoms with Crippen LogP contribution in [-0.2, 0) is 13.0 Å². The second-order valence-corrected chi connectivity index (χ2v) is 3.55. The fourth-order valence-electron chi connectivity index (χ4n) is 1.62. The van der Waals surface area contributed by atoms with Gasteiger partial charge in [-0.05, 0) is 0 Å². The molecule has 1 aliphatic rings. The molecule has 1 aliphatic heterocycles. The number of fused-ring (bicyclic) bond motifs is 1. The van der Waals surface area contributed by atoms with Gasteiger partial charge in [-0.2, -0.15) is 0 Å². The van der Waals surface area contributed by atoms with Gasteiger partial charge in [-0.15, -0.1) is 0 Å². The fourth-order valence-corrected chi connectivity index (χ4v) is 1.62. The van der Waals surface area contributed by atoms with Gasteiger partial charge in [-0.3, -0.25) is 0 Å². The number of aromatic nitrogens is 1. The van der Waals surface area contributed by atoms with Crippen molar-refractivity contribution in [2.45, 2.75) is 32.7 Å². The molecule has 2 heterocycles. The van der Waals surface area contributed by atoms with Crippen LogP contribution in [0.25, 0.3) is 0 Å². The smallest absolute Gasteiger partial charge is 0.144 e. The molecule has 1 N–H and O–H groups in total. The van der Waals surface area contributed by atoms with Crippen molar-refractivity contribution >= 4 is 0 Å². The number of rotatable bonds is 1. The Morgan fingerprint density at radius 3 is 3.08 bits per heavy atom. The molecule has 3 nitrogen and oxygen atoms in total. The summed E-state index contributed by atoms with van der Waals surface area (Å²) in [4.78, 5) is 0. The Morgan fingerprint density at radius 1 is 1.50 bits per heavy atom. The van der Waals surface area contributed by atoms with Crippen LogP contribution >= 0.6 is 0 Å². The first-order chi connectivity index (χ1) is 5.79. The quantitative estimate of drug-likeness (QED) is 0.686. The van der Waals surface area contributed by atoms with Crippen LogP contribution in [0.15, 0.2) is 4.52 Å². The molecule has 2 rings (SSSR count). The van der Waals surface area contributed by atoms with E-state index in [1.54, 1.807) is 0 Å². The highest BCUT2D eigenvalue weighted by molar-refractivity contribution is 5.27. The molecule has 0 aliphatic carbocycles. The molecule has 12 heavy (non-hydrogen) atoms. The van der Waals surface area contributed by atoms with Gasteiger partial charge in [0.25, 0.3) is 0 Å². The second kappa shape index (κ2) is 2.90. The standard InChI is InChI=1S/C9H14N2O/c1-6(2)9-7-5-10-4-3-8(7)11-12-9/h6,10H,3-5H2,1-2H3. The summed E-state index contributed by atoms with van der Waals surface area (Å²) in [6, 6.07) is 0. The lowest BCUT2D eigenvalue weighted by Gasteiger charge is -2.11. The summed E-state index contributed by atoms with van der Waals surface area (Å²) >= 11 is 0. The predicted octanol–water partition coefficient (Wildman–Crippen LogP) is 1.44. The third kappa shape index (κ3) is 1.14. The van der Waals surface area contributed by atoms with E-state index in [0.717, 1.165) is 31.0 Å². The number of nitrogens with zero attached hydrogens (tertiary/aromatic N) is 1. The Kier molecular flexibility index (Phi) is 1.89. The molecule has 0 unspecified atom stereocenters. The SMILES string of the molecule is CC(C)c1onc2c1CNCC2. The van der Waals surface area contributed by atoms with Gasteiger partial charge < -0.3 is 9.84 Å². The summed E-state index contributed by atoms with van der Waals surface area (Å²) in [6.45, 7) is 6.22. The highest BCUT2D eigenvalue weighted by Gasteiger charge is 2.20. The maximum absolute atomic E-state index is 5.29. The lowest BCUT2D eigenvalue weighted by atomic mass is 10.0. The Morgan fingerprint density at radius 2 is 2.33 bits per heavy atom. The van der Waals surface area contributed by atoms with E-state index < -0.39 is 0 Å². The Bertz CT molecular complexity index is 278. The van der Waals surface area contributed by atoms with Gasteiger partial charge in [0.15, 0.2) is 0 Å². The summed E-state index contributed by atoms with van der Waals surface area (Å²) in [5, 5.41) is 7.39. The second-order valence-electron chi connectivity index (χ2n) is 3.55. The largest absolute Gasteiger partial charge is 0.361 e. The Balaban J connectivity index is 2.38. The van der Waals surface area contributed by atoms with Gasteiger partial charge >= 0.3 is 0 Å². The molecule has 66 valence electrons. The van der Waals surface area contributed by atoms with Crippen LogP contribution in [0.2, 0.25) is 0 Å². The van der Waals surface area contributed by atoms with E-state index in [9.17, 15) is 0 Å². The summed E-state index contributed by atoms with van der Waals surface area (Å²) in [6.07, 6.45) is 1.01. The number of nitrogens with one attached hydrogen (secondary N) is 1. The van der Waals surface area contributed by atoms with E-state index in [1.807, 2.05) is 0 Å². The molecule has 1 aromatic rings. The molecule has 3 heteroatoms. The fraction of sp³-hybridized carbons (Fsp3) is 0.667. The van der Waals surface area contributed by atoms with Crippen LogP contribution < -0.4 is 5.32 Å². The van der Waals surface area contributed by atoms with Crippen molar-refractivity contribution in [2.24, 2.45) is 0 Å². The zero-order valence-electron chi connectivity index (χ0n) is 7.55. The van der Waals surface area contributed by atoms with E-state index in [-0.39, 0.29) is 0 Å². The van der Waals surface area contributed by atoms with Crippen LogP contribution in [-0.4, -0.2) is 11.7 Å². The predicted molar refractivity (Wildman–Crippen MR) is 46.0 cm³/mol. The topological polar surface area (TPSA) is 38.1 Å². The molecular weight excluding hydrogens is 152 g/mol. The zero-order chi connectivity index (χ0) is 8.55. The van der Waals surface area contributed by atoms with E-state index in [1.165, 1.54) is 5.56 Å². The van der Waals surface area contributed by atoms with Crippen LogP contribution in [0.5, 0.6) is 0 Å². The summed E-state index contributed by atoms with van der Waals surface area (Å²) in [5.41, 5.74) is 2.44. The normalized spacial score (nSPS) is 16.6. The molecule has 1 aromatic heterocycles. The minimum atomic E-state index is 0.446.